The Morgan fingerprint density at radius 1 is 1.12 bits per heavy atom. The van der Waals surface area contributed by atoms with Gasteiger partial charge in [0.05, 0.1) is 11.4 Å². The lowest BCUT2D eigenvalue weighted by Crippen LogP contribution is -2.32. The average molecular weight is 376 g/mol. The number of benzene rings is 2. The van der Waals surface area contributed by atoms with Crippen molar-refractivity contribution in [2.45, 2.75) is 0 Å². The molecule has 3 rings (SSSR count). The smallest absolute Gasteiger partial charge is 0.266 e. The second-order valence-electron chi connectivity index (χ2n) is 5.02. The lowest BCUT2D eigenvalue weighted by atomic mass is 10.2. The van der Waals surface area contributed by atoms with Crippen LogP contribution in [0, 0.1) is 0 Å². The van der Waals surface area contributed by atoms with Crippen LogP contribution in [0.5, 0.6) is 5.75 Å². The number of carbonyl (C=O) groups excluding carboxylic acids is 1. The molecule has 6 heteroatoms. The molecule has 1 aliphatic heterocycles. The summed E-state index contributed by atoms with van der Waals surface area (Å²) in [6, 6.07) is 16.9. The second-order valence-corrected chi connectivity index (χ2v) is 7.10. The van der Waals surface area contributed by atoms with Gasteiger partial charge >= 0.3 is 0 Å². The van der Waals surface area contributed by atoms with E-state index in [9.17, 15) is 4.79 Å². The minimum atomic E-state index is -0.110. The van der Waals surface area contributed by atoms with Crippen LogP contribution < -0.4 is 4.74 Å². The number of thiocarbonyl (C=S) groups is 1. The standard InChI is InChI=1S/C18H14ClNO2S2/c19-15-9-5-4-6-13(15)12-16-17(21)20(18(23)24-16)10-11-22-14-7-2-1-3-8-14/h1-9,12H,10-11H2/b16-12-. The summed E-state index contributed by atoms with van der Waals surface area (Å²) < 4.78 is 6.17. The first-order valence-corrected chi connectivity index (χ1v) is 8.93. The first kappa shape index (κ1) is 17.0. The van der Waals surface area contributed by atoms with E-state index in [1.54, 1.807) is 17.0 Å². The van der Waals surface area contributed by atoms with Crippen molar-refractivity contribution in [3.05, 3.63) is 70.1 Å². The first-order chi connectivity index (χ1) is 11.6. The Morgan fingerprint density at radius 2 is 1.83 bits per heavy atom. The molecule has 0 unspecified atom stereocenters. The highest BCUT2D eigenvalue weighted by atomic mass is 35.5. The maximum absolute atomic E-state index is 12.5. The third-order valence-corrected chi connectivity index (χ3v) is 5.11. The summed E-state index contributed by atoms with van der Waals surface area (Å²) in [6.07, 6.45) is 1.78. The molecule has 1 fully saturated rings. The number of carbonyl (C=O) groups is 1. The fraction of sp³-hybridized carbons (Fsp3) is 0.111. The lowest BCUT2D eigenvalue weighted by Gasteiger charge is -2.14. The van der Waals surface area contributed by atoms with Crippen LogP contribution in [0.2, 0.25) is 5.02 Å². The van der Waals surface area contributed by atoms with E-state index < -0.39 is 0 Å². The van der Waals surface area contributed by atoms with Crippen LogP contribution in [0.25, 0.3) is 6.08 Å². The number of rotatable bonds is 5. The molecule has 0 bridgehead atoms. The van der Waals surface area contributed by atoms with Gasteiger partial charge in [-0.15, -0.1) is 0 Å². The molecule has 1 amide bonds. The number of ether oxygens (including phenoxy) is 1. The summed E-state index contributed by atoms with van der Waals surface area (Å²) in [6.45, 7) is 0.801. The number of hydrogen-bond acceptors (Lipinski definition) is 4. The highest BCUT2D eigenvalue weighted by molar-refractivity contribution is 8.26. The van der Waals surface area contributed by atoms with E-state index in [4.69, 9.17) is 28.6 Å². The van der Waals surface area contributed by atoms with Gasteiger partial charge in [-0.2, -0.15) is 0 Å². The Bertz CT molecular complexity index is 793. The molecular formula is C18H14ClNO2S2. The summed E-state index contributed by atoms with van der Waals surface area (Å²) in [7, 11) is 0. The van der Waals surface area contributed by atoms with E-state index in [0.29, 0.717) is 27.4 Å². The zero-order chi connectivity index (χ0) is 16.9. The summed E-state index contributed by atoms with van der Waals surface area (Å²) in [5.41, 5.74) is 0.806. The second kappa shape index (κ2) is 7.83. The Hall–Kier alpha value is -1.82. The zero-order valence-electron chi connectivity index (χ0n) is 12.6. The quantitative estimate of drug-likeness (QED) is 0.563. The van der Waals surface area contributed by atoms with Gasteiger partial charge in [-0.3, -0.25) is 9.69 Å². The van der Waals surface area contributed by atoms with Crippen LogP contribution >= 0.6 is 35.6 Å². The largest absolute Gasteiger partial charge is 0.492 e. The Balaban J connectivity index is 1.65. The summed E-state index contributed by atoms with van der Waals surface area (Å²) in [5.74, 6) is 0.663. The minimum absolute atomic E-state index is 0.110. The maximum atomic E-state index is 12.5. The van der Waals surface area contributed by atoms with E-state index in [2.05, 4.69) is 0 Å². The molecule has 1 heterocycles. The van der Waals surface area contributed by atoms with Crippen molar-refractivity contribution in [2.75, 3.05) is 13.2 Å². The van der Waals surface area contributed by atoms with Crippen molar-refractivity contribution in [1.82, 2.24) is 4.90 Å². The third-order valence-electron chi connectivity index (χ3n) is 3.39. The normalized spacial score (nSPS) is 16.0. The van der Waals surface area contributed by atoms with Crippen LogP contribution in [-0.2, 0) is 4.79 Å². The van der Waals surface area contributed by atoms with Gasteiger partial charge in [0.25, 0.3) is 5.91 Å². The molecule has 0 radical (unpaired) electrons. The molecule has 0 saturated carbocycles. The molecule has 3 nitrogen and oxygen atoms in total. The molecular weight excluding hydrogens is 362 g/mol. The molecule has 0 N–H and O–H groups in total. The fourth-order valence-electron chi connectivity index (χ4n) is 2.20. The van der Waals surface area contributed by atoms with E-state index in [-0.39, 0.29) is 5.91 Å². The van der Waals surface area contributed by atoms with E-state index >= 15 is 0 Å². The molecule has 1 saturated heterocycles. The highest BCUT2D eigenvalue weighted by Gasteiger charge is 2.31. The van der Waals surface area contributed by atoms with Gasteiger partial charge in [-0.25, -0.2) is 0 Å². The molecule has 24 heavy (non-hydrogen) atoms. The van der Waals surface area contributed by atoms with Crippen molar-refractivity contribution in [3.63, 3.8) is 0 Å². The molecule has 122 valence electrons. The van der Waals surface area contributed by atoms with E-state index in [1.165, 1.54) is 11.8 Å². The van der Waals surface area contributed by atoms with Gasteiger partial charge in [0, 0.05) is 5.02 Å². The molecule has 0 atom stereocenters. The lowest BCUT2D eigenvalue weighted by molar-refractivity contribution is -0.122. The molecule has 2 aromatic carbocycles. The predicted molar refractivity (Wildman–Crippen MR) is 103 cm³/mol. The number of hydrogen-bond donors (Lipinski definition) is 0. The molecule has 0 aromatic heterocycles. The number of amides is 1. The average Bonchev–Trinajstić information content (AvgIpc) is 2.85. The molecule has 0 spiro atoms. The first-order valence-electron chi connectivity index (χ1n) is 7.33. The maximum Gasteiger partial charge on any atom is 0.266 e. The summed E-state index contributed by atoms with van der Waals surface area (Å²) >= 11 is 12.7. The van der Waals surface area contributed by atoms with Crippen LogP contribution in [0.4, 0.5) is 0 Å². The number of thioether (sulfide) groups is 1. The van der Waals surface area contributed by atoms with Crippen molar-refractivity contribution < 1.29 is 9.53 Å². The van der Waals surface area contributed by atoms with Crippen molar-refractivity contribution in [3.8, 4) is 5.75 Å². The van der Waals surface area contributed by atoms with Crippen molar-refractivity contribution in [1.29, 1.82) is 0 Å². The molecule has 2 aromatic rings. The van der Waals surface area contributed by atoms with Gasteiger partial charge in [-0.1, -0.05) is 72.0 Å². The molecule has 1 aliphatic rings. The SMILES string of the molecule is O=C1/C(=C/c2ccccc2Cl)SC(=S)N1CCOc1ccccc1. The van der Waals surface area contributed by atoms with Gasteiger partial charge in [0.1, 0.15) is 16.7 Å². The van der Waals surface area contributed by atoms with Gasteiger partial charge in [0.2, 0.25) is 0 Å². The van der Waals surface area contributed by atoms with Crippen LogP contribution in [-0.4, -0.2) is 28.3 Å². The third kappa shape index (κ3) is 3.98. The summed E-state index contributed by atoms with van der Waals surface area (Å²) in [4.78, 5) is 14.7. The summed E-state index contributed by atoms with van der Waals surface area (Å²) in [5, 5.41) is 0.607. The molecule has 0 aliphatic carbocycles. The van der Waals surface area contributed by atoms with Crippen LogP contribution in [0.15, 0.2) is 59.5 Å². The Kier molecular flexibility index (Phi) is 5.56. The fourth-order valence-corrected chi connectivity index (χ4v) is 3.69. The number of halogens is 1. The minimum Gasteiger partial charge on any atom is -0.492 e. The zero-order valence-corrected chi connectivity index (χ0v) is 15.0. The van der Waals surface area contributed by atoms with E-state index in [1.807, 2.05) is 48.5 Å². The Labute approximate surface area is 155 Å². The van der Waals surface area contributed by atoms with Crippen LogP contribution in [0.3, 0.4) is 0 Å². The number of nitrogens with zero attached hydrogens (tertiary/aromatic N) is 1. The highest BCUT2D eigenvalue weighted by Crippen LogP contribution is 2.33. The van der Waals surface area contributed by atoms with E-state index in [0.717, 1.165) is 11.3 Å². The topological polar surface area (TPSA) is 29.5 Å². The van der Waals surface area contributed by atoms with Gasteiger partial charge in [-0.05, 0) is 29.8 Å². The van der Waals surface area contributed by atoms with Crippen molar-refractivity contribution in [2.24, 2.45) is 0 Å². The Morgan fingerprint density at radius 3 is 2.58 bits per heavy atom. The van der Waals surface area contributed by atoms with Crippen molar-refractivity contribution >= 4 is 51.9 Å². The number of para-hydroxylation sites is 1. The van der Waals surface area contributed by atoms with Gasteiger partial charge < -0.3 is 4.74 Å². The monoisotopic (exact) mass is 375 g/mol. The van der Waals surface area contributed by atoms with Crippen LogP contribution in [0.1, 0.15) is 5.56 Å². The van der Waals surface area contributed by atoms with Gasteiger partial charge in [0.15, 0.2) is 0 Å². The predicted octanol–water partition coefficient (Wildman–Crippen LogP) is 4.62.